The standard InChI is InChI=1S/C14H20ClNOS/c1-5-12(13(17)16-14(2,3)4)18-11-8-6-10(15)7-9-11/h6-9,12H,5H2,1-4H3,(H,16,17)/t12-/m1/s1. The molecule has 2 nitrogen and oxygen atoms in total. The van der Waals surface area contributed by atoms with Gasteiger partial charge in [-0.2, -0.15) is 0 Å². The van der Waals surface area contributed by atoms with Gasteiger partial charge < -0.3 is 5.32 Å². The van der Waals surface area contributed by atoms with Gasteiger partial charge in [0.25, 0.3) is 0 Å². The van der Waals surface area contributed by atoms with E-state index in [2.05, 4.69) is 5.32 Å². The summed E-state index contributed by atoms with van der Waals surface area (Å²) in [6, 6.07) is 7.58. The van der Waals surface area contributed by atoms with E-state index in [1.54, 1.807) is 11.8 Å². The highest BCUT2D eigenvalue weighted by Crippen LogP contribution is 2.27. The summed E-state index contributed by atoms with van der Waals surface area (Å²) in [5.41, 5.74) is -0.189. The van der Waals surface area contributed by atoms with Gasteiger partial charge in [-0.15, -0.1) is 11.8 Å². The summed E-state index contributed by atoms with van der Waals surface area (Å²) < 4.78 is 0. The van der Waals surface area contributed by atoms with Gasteiger partial charge in [0.05, 0.1) is 5.25 Å². The Morgan fingerprint density at radius 2 is 1.89 bits per heavy atom. The highest BCUT2D eigenvalue weighted by Gasteiger charge is 2.22. The van der Waals surface area contributed by atoms with E-state index in [0.29, 0.717) is 5.02 Å². The van der Waals surface area contributed by atoms with Gasteiger partial charge in [-0.05, 0) is 51.5 Å². The first-order chi connectivity index (χ1) is 8.31. The number of carbonyl (C=O) groups is 1. The number of hydrogen-bond donors (Lipinski definition) is 1. The zero-order valence-electron chi connectivity index (χ0n) is 11.3. The molecule has 1 amide bonds. The monoisotopic (exact) mass is 285 g/mol. The molecule has 1 N–H and O–H groups in total. The number of halogens is 1. The molecule has 4 heteroatoms. The van der Waals surface area contributed by atoms with E-state index in [9.17, 15) is 4.79 Å². The van der Waals surface area contributed by atoms with Crippen molar-refractivity contribution in [2.24, 2.45) is 0 Å². The van der Waals surface area contributed by atoms with Crippen molar-refractivity contribution in [2.75, 3.05) is 0 Å². The van der Waals surface area contributed by atoms with Crippen LogP contribution in [-0.2, 0) is 4.79 Å². The molecule has 0 aliphatic rings. The third-order valence-electron chi connectivity index (χ3n) is 2.25. The molecule has 0 heterocycles. The number of nitrogens with one attached hydrogen (secondary N) is 1. The number of hydrogen-bond acceptors (Lipinski definition) is 2. The molecule has 0 bridgehead atoms. The van der Waals surface area contributed by atoms with Crippen molar-refractivity contribution in [2.45, 2.75) is 49.8 Å². The first kappa shape index (κ1) is 15.4. The SMILES string of the molecule is CC[C@@H](Sc1ccc(Cl)cc1)C(=O)NC(C)(C)C. The molecule has 0 saturated heterocycles. The summed E-state index contributed by atoms with van der Waals surface area (Å²) in [6.07, 6.45) is 0.801. The average Bonchev–Trinajstić information content (AvgIpc) is 2.25. The number of thioether (sulfide) groups is 1. The van der Waals surface area contributed by atoms with Crippen molar-refractivity contribution >= 4 is 29.3 Å². The molecule has 1 atom stereocenters. The predicted octanol–water partition coefficient (Wildman–Crippen LogP) is 4.13. The summed E-state index contributed by atoms with van der Waals surface area (Å²) in [7, 11) is 0. The van der Waals surface area contributed by atoms with Crippen LogP contribution in [0.15, 0.2) is 29.2 Å². The Bertz CT molecular complexity index is 397. The van der Waals surface area contributed by atoms with Crippen LogP contribution in [0, 0.1) is 0 Å². The van der Waals surface area contributed by atoms with Crippen molar-refractivity contribution in [3.8, 4) is 0 Å². The van der Waals surface area contributed by atoms with Gasteiger partial charge in [0.1, 0.15) is 0 Å². The van der Waals surface area contributed by atoms with E-state index in [1.165, 1.54) is 0 Å². The Morgan fingerprint density at radius 1 is 1.33 bits per heavy atom. The quantitative estimate of drug-likeness (QED) is 0.843. The lowest BCUT2D eigenvalue weighted by atomic mass is 10.1. The largest absolute Gasteiger partial charge is 0.351 e. The van der Waals surface area contributed by atoms with Crippen LogP contribution in [0.4, 0.5) is 0 Å². The van der Waals surface area contributed by atoms with Crippen molar-refractivity contribution in [3.63, 3.8) is 0 Å². The lowest BCUT2D eigenvalue weighted by Crippen LogP contribution is -2.44. The minimum absolute atomic E-state index is 0.0644. The van der Waals surface area contributed by atoms with Crippen LogP contribution in [0.5, 0.6) is 0 Å². The van der Waals surface area contributed by atoms with Crippen LogP contribution in [0.1, 0.15) is 34.1 Å². The molecule has 0 aromatic heterocycles. The van der Waals surface area contributed by atoms with Crippen LogP contribution >= 0.6 is 23.4 Å². The zero-order valence-corrected chi connectivity index (χ0v) is 12.9. The minimum atomic E-state index is -0.189. The molecule has 1 rings (SSSR count). The van der Waals surface area contributed by atoms with Gasteiger partial charge in [0.2, 0.25) is 5.91 Å². The molecule has 0 fully saturated rings. The van der Waals surface area contributed by atoms with Crippen LogP contribution in [-0.4, -0.2) is 16.7 Å². The summed E-state index contributed by atoms with van der Waals surface area (Å²) in [5.74, 6) is 0.0879. The van der Waals surface area contributed by atoms with Crippen LogP contribution in [0.25, 0.3) is 0 Å². The maximum Gasteiger partial charge on any atom is 0.233 e. The third-order valence-corrected chi connectivity index (χ3v) is 3.88. The van der Waals surface area contributed by atoms with E-state index in [-0.39, 0.29) is 16.7 Å². The van der Waals surface area contributed by atoms with E-state index < -0.39 is 0 Å². The number of amides is 1. The number of rotatable bonds is 4. The maximum atomic E-state index is 12.1. The summed E-state index contributed by atoms with van der Waals surface area (Å²) >= 11 is 7.42. The molecule has 18 heavy (non-hydrogen) atoms. The van der Waals surface area contributed by atoms with Crippen molar-refractivity contribution in [3.05, 3.63) is 29.3 Å². The van der Waals surface area contributed by atoms with E-state index in [4.69, 9.17) is 11.6 Å². The summed E-state index contributed by atoms with van der Waals surface area (Å²) in [6.45, 7) is 8.00. The minimum Gasteiger partial charge on any atom is -0.351 e. The second-order valence-electron chi connectivity index (χ2n) is 5.21. The van der Waals surface area contributed by atoms with Gasteiger partial charge in [-0.25, -0.2) is 0 Å². The van der Waals surface area contributed by atoms with Crippen molar-refractivity contribution in [1.82, 2.24) is 5.32 Å². The topological polar surface area (TPSA) is 29.1 Å². The Kier molecular flexibility index (Phi) is 5.54. The average molecular weight is 286 g/mol. The van der Waals surface area contributed by atoms with Crippen molar-refractivity contribution in [1.29, 1.82) is 0 Å². The first-order valence-electron chi connectivity index (χ1n) is 6.06. The van der Waals surface area contributed by atoms with Gasteiger partial charge in [0.15, 0.2) is 0 Å². The third kappa shape index (κ3) is 5.32. The molecule has 0 unspecified atom stereocenters. The number of benzene rings is 1. The van der Waals surface area contributed by atoms with E-state index >= 15 is 0 Å². The van der Waals surface area contributed by atoms with E-state index in [1.807, 2.05) is 52.0 Å². The second-order valence-corrected chi connectivity index (χ2v) is 6.92. The lowest BCUT2D eigenvalue weighted by molar-refractivity contribution is -0.122. The van der Waals surface area contributed by atoms with E-state index in [0.717, 1.165) is 11.3 Å². The van der Waals surface area contributed by atoms with Gasteiger partial charge in [0, 0.05) is 15.5 Å². The molecule has 0 aliphatic carbocycles. The Hall–Kier alpha value is -0.670. The van der Waals surface area contributed by atoms with Gasteiger partial charge in [-0.3, -0.25) is 4.79 Å². The molecule has 100 valence electrons. The predicted molar refractivity (Wildman–Crippen MR) is 79.3 cm³/mol. The molecule has 0 spiro atoms. The fourth-order valence-corrected chi connectivity index (χ4v) is 2.53. The van der Waals surface area contributed by atoms with Gasteiger partial charge in [-0.1, -0.05) is 18.5 Å². The normalized spacial score (nSPS) is 13.2. The molecule has 0 saturated carbocycles. The van der Waals surface area contributed by atoms with Gasteiger partial charge >= 0.3 is 0 Å². The van der Waals surface area contributed by atoms with Crippen LogP contribution in [0.2, 0.25) is 5.02 Å². The Morgan fingerprint density at radius 3 is 2.33 bits per heavy atom. The summed E-state index contributed by atoms with van der Waals surface area (Å²) in [5, 5.41) is 3.67. The Labute approximate surface area is 118 Å². The number of carbonyl (C=O) groups excluding carboxylic acids is 1. The van der Waals surface area contributed by atoms with Crippen LogP contribution < -0.4 is 5.32 Å². The molecular formula is C14H20ClNOS. The zero-order chi connectivity index (χ0) is 13.8. The van der Waals surface area contributed by atoms with Crippen molar-refractivity contribution < 1.29 is 4.79 Å². The van der Waals surface area contributed by atoms with Crippen LogP contribution in [0.3, 0.4) is 0 Å². The highest BCUT2D eigenvalue weighted by atomic mass is 35.5. The maximum absolute atomic E-state index is 12.1. The molecule has 1 aromatic carbocycles. The molecular weight excluding hydrogens is 266 g/mol. The molecule has 1 aromatic rings. The highest BCUT2D eigenvalue weighted by molar-refractivity contribution is 8.00. The fraction of sp³-hybridized carbons (Fsp3) is 0.500. The lowest BCUT2D eigenvalue weighted by Gasteiger charge is -2.24. The smallest absolute Gasteiger partial charge is 0.233 e. The first-order valence-corrected chi connectivity index (χ1v) is 7.32. The fourth-order valence-electron chi connectivity index (χ4n) is 1.45. The summed E-state index contributed by atoms with van der Waals surface area (Å²) in [4.78, 5) is 13.2. The molecule has 0 radical (unpaired) electrons. The molecule has 0 aliphatic heterocycles. The second kappa shape index (κ2) is 6.48. The Balaban J connectivity index is 2.67.